The first kappa shape index (κ1) is 43.2. The van der Waals surface area contributed by atoms with Gasteiger partial charge in [0.1, 0.15) is 13.2 Å². The van der Waals surface area contributed by atoms with Crippen LogP contribution in [0, 0.1) is 0 Å². The first-order valence-electron chi connectivity index (χ1n) is 18.1. The van der Waals surface area contributed by atoms with Gasteiger partial charge in [-0.15, -0.1) is 0 Å². The number of nitrogens with one attached hydrogen (secondary N) is 1. The minimum Gasteiger partial charge on any atom is -0.387 e. The van der Waals surface area contributed by atoms with Crippen LogP contribution in [0.15, 0.2) is 12.2 Å². The van der Waals surface area contributed by atoms with Crippen LogP contribution in [-0.2, 0) is 18.4 Å². The summed E-state index contributed by atoms with van der Waals surface area (Å²) in [6.45, 7) is 4.74. The van der Waals surface area contributed by atoms with Crippen LogP contribution in [0.4, 0.5) is 0 Å². The van der Waals surface area contributed by atoms with E-state index in [0.717, 1.165) is 38.5 Å². The van der Waals surface area contributed by atoms with Crippen LogP contribution in [-0.4, -0.2) is 73.4 Å². The number of unbranched alkanes of at least 4 members (excludes halogenated alkanes) is 19. The Balaban J connectivity index is 4.50. The lowest BCUT2D eigenvalue weighted by molar-refractivity contribution is -0.870. The minimum atomic E-state index is -4.31. The number of phosphoric acid groups is 1. The zero-order valence-electron chi connectivity index (χ0n) is 29.4. The molecule has 0 aliphatic rings. The zero-order valence-corrected chi connectivity index (χ0v) is 30.3. The molecule has 0 rings (SSSR count). The van der Waals surface area contributed by atoms with Gasteiger partial charge in [-0.1, -0.05) is 142 Å². The zero-order chi connectivity index (χ0) is 32.9. The first-order chi connectivity index (χ1) is 21.0. The maximum atomic E-state index is 12.6. The summed E-state index contributed by atoms with van der Waals surface area (Å²) in [6, 6.07) is -0.836. The molecule has 44 heavy (non-hydrogen) atoms. The van der Waals surface area contributed by atoms with Crippen molar-refractivity contribution in [2.75, 3.05) is 40.9 Å². The number of aliphatic hydroxyl groups excluding tert-OH is 1. The Bertz CT molecular complexity index is 743. The molecule has 0 aliphatic carbocycles. The third kappa shape index (κ3) is 29.9. The van der Waals surface area contributed by atoms with Gasteiger partial charge in [0.25, 0.3) is 0 Å². The van der Waals surface area contributed by atoms with E-state index in [-0.39, 0.29) is 19.1 Å². The Morgan fingerprint density at radius 3 is 1.68 bits per heavy atom. The molecule has 0 aromatic rings. The van der Waals surface area contributed by atoms with E-state index in [2.05, 4.69) is 19.2 Å². The number of rotatable bonds is 32. The minimum absolute atomic E-state index is 0.0636. The Labute approximate surface area is 272 Å². The van der Waals surface area contributed by atoms with Crippen LogP contribution in [0.25, 0.3) is 0 Å². The van der Waals surface area contributed by atoms with Gasteiger partial charge < -0.3 is 19.8 Å². The van der Waals surface area contributed by atoms with Gasteiger partial charge in [0.15, 0.2) is 0 Å². The molecule has 1 unspecified atom stereocenters. The number of aliphatic hydroxyl groups is 1. The maximum Gasteiger partial charge on any atom is 0.472 e. The summed E-state index contributed by atoms with van der Waals surface area (Å²) < 4.78 is 23.3. The lowest BCUT2D eigenvalue weighted by Gasteiger charge is -2.25. The number of hydrogen-bond donors (Lipinski definition) is 3. The van der Waals surface area contributed by atoms with E-state index in [0.29, 0.717) is 17.4 Å². The summed E-state index contributed by atoms with van der Waals surface area (Å²) in [5.74, 6) is -0.185. The van der Waals surface area contributed by atoms with Crippen LogP contribution in [0.1, 0.15) is 155 Å². The highest BCUT2D eigenvalue weighted by Gasteiger charge is 2.27. The van der Waals surface area contributed by atoms with Gasteiger partial charge in [0, 0.05) is 6.42 Å². The molecule has 1 amide bonds. The van der Waals surface area contributed by atoms with Crippen molar-refractivity contribution in [1.82, 2.24) is 5.32 Å². The second kappa shape index (κ2) is 28.5. The van der Waals surface area contributed by atoms with Crippen molar-refractivity contribution in [2.24, 2.45) is 0 Å². The molecule has 0 bridgehead atoms. The summed E-state index contributed by atoms with van der Waals surface area (Å²) in [5, 5.41) is 13.7. The largest absolute Gasteiger partial charge is 0.472 e. The SMILES string of the molecule is CCCCCCCCCCCCCCC/C=C/[C@H](O)[C@@H](COP(=O)(O)OCC[N+](C)(C)C)NC(=O)CCCCCCCCC. The number of carbonyl (C=O) groups is 1. The van der Waals surface area contributed by atoms with Crippen molar-refractivity contribution in [1.29, 1.82) is 0 Å². The quantitative estimate of drug-likeness (QED) is 0.0292. The van der Waals surface area contributed by atoms with Gasteiger partial charge in [-0.2, -0.15) is 0 Å². The van der Waals surface area contributed by atoms with Crippen molar-refractivity contribution in [3.05, 3.63) is 12.2 Å². The number of nitrogens with zero attached hydrogens (tertiary/aromatic N) is 1. The van der Waals surface area contributed by atoms with Crippen LogP contribution in [0.5, 0.6) is 0 Å². The van der Waals surface area contributed by atoms with Crippen molar-refractivity contribution >= 4 is 13.7 Å². The van der Waals surface area contributed by atoms with E-state index in [1.165, 1.54) is 96.3 Å². The van der Waals surface area contributed by atoms with Crippen molar-refractivity contribution in [3.63, 3.8) is 0 Å². The summed E-state index contributed by atoms with van der Waals surface area (Å²) >= 11 is 0. The van der Waals surface area contributed by atoms with E-state index >= 15 is 0 Å². The summed E-state index contributed by atoms with van der Waals surface area (Å²) in [4.78, 5) is 22.8. The third-order valence-electron chi connectivity index (χ3n) is 8.01. The van der Waals surface area contributed by atoms with Gasteiger partial charge in [0.2, 0.25) is 5.91 Å². The molecule has 0 saturated carbocycles. The fourth-order valence-corrected chi connectivity index (χ4v) is 5.77. The number of quaternary nitrogens is 1. The van der Waals surface area contributed by atoms with Gasteiger partial charge in [-0.25, -0.2) is 4.57 Å². The molecule has 0 spiro atoms. The average molecular weight is 648 g/mol. The van der Waals surface area contributed by atoms with Crippen LogP contribution in [0.2, 0.25) is 0 Å². The number of hydrogen-bond acceptors (Lipinski definition) is 5. The van der Waals surface area contributed by atoms with E-state index in [4.69, 9.17) is 9.05 Å². The lowest BCUT2D eigenvalue weighted by Crippen LogP contribution is -2.45. The molecule has 0 heterocycles. The standard InChI is InChI=1S/C35H71N2O6P/c1-6-8-10-12-14-15-16-17-18-19-20-21-23-24-26-28-34(38)33(32-43-44(40,41)42-31-30-37(3,4)5)36-35(39)29-27-25-22-13-11-9-7-2/h26,28,33-34,38H,6-25,27,29-32H2,1-5H3,(H-,36,39,40,41)/p+1/b28-26+/t33-,34+/m1/s1. The van der Waals surface area contributed by atoms with Crippen molar-refractivity contribution in [3.8, 4) is 0 Å². The van der Waals surface area contributed by atoms with Crippen molar-refractivity contribution < 1.29 is 32.9 Å². The van der Waals surface area contributed by atoms with Crippen LogP contribution >= 0.6 is 7.82 Å². The van der Waals surface area contributed by atoms with E-state index in [1.54, 1.807) is 6.08 Å². The van der Waals surface area contributed by atoms with E-state index in [1.807, 2.05) is 27.2 Å². The number of phosphoric ester groups is 1. The molecular weight excluding hydrogens is 575 g/mol. The summed E-state index contributed by atoms with van der Waals surface area (Å²) in [7, 11) is 1.57. The molecule has 262 valence electrons. The molecule has 0 fully saturated rings. The Morgan fingerprint density at radius 2 is 1.20 bits per heavy atom. The number of allylic oxidation sites excluding steroid dienone is 1. The van der Waals surface area contributed by atoms with Crippen LogP contribution in [0.3, 0.4) is 0 Å². The highest BCUT2D eigenvalue weighted by Crippen LogP contribution is 2.43. The molecular formula is C35H72N2O6P+. The summed E-state index contributed by atoms with van der Waals surface area (Å²) in [5.41, 5.74) is 0. The van der Waals surface area contributed by atoms with Gasteiger partial charge in [0.05, 0.1) is 39.9 Å². The van der Waals surface area contributed by atoms with Gasteiger partial charge >= 0.3 is 7.82 Å². The topological polar surface area (TPSA) is 105 Å². The molecule has 3 atom stereocenters. The lowest BCUT2D eigenvalue weighted by atomic mass is 10.0. The smallest absolute Gasteiger partial charge is 0.387 e. The molecule has 0 aliphatic heterocycles. The highest BCUT2D eigenvalue weighted by atomic mass is 31.2. The predicted molar refractivity (Wildman–Crippen MR) is 185 cm³/mol. The monoisotopic (exact) mass is 648 g/mol. The number of amides is 1. The normalized spacial score (nSPS) is 15.0. The Morgan fingerprint density at radius 1 is 0.750 bits per heavy atom. The molecule has 9 heteroatoms. The molecule has 0 saturated heterocycles. The highest BCUT2D eigenvalue weighted by molar-refractivity contribution is 7.47. The fourth-order valence-electron chi connectivity index (χ4n) is 5.04. The fraction of sp³-hybridized carbons (Fsp3) is 0.914. The molecule has 0 aromatic heterocycles. The third-order valence-corrected chi connectivity index (χ3v) is 8.99. The first-order valence-corrected chi connectivity index (χ1v) is 19.6. The Hall–Kier alpha value is -0.760. The van der Waals surface area contributed by atoms with Crippen LogP contribution < -0.4 is 5.32 Å². The molecule has 8 nitrogen and oxygen atoms in total. The average Bonchev–Trinajstić information content (AvgIpc) is 2.95. The molecule has 3 N–H and O–H groups in total. The maximum absolute atomic E-state index is 12.6. The Kier molecular flexibility index (Phi) is 28.0. The number of carbonyl (C=O) groups excluding carboxylic acids is 1. The number of likely N-dealkylation sites (N-methyl/N-ethyl adjacent to an activating group) is 1. The predicted octanol–water partition coefficient (Wildman–Crippen LogP) is 8.85. The molecule has 0 radical (unpaired) electrons. The van der Waals surface area contributed by atoms with Gasteiger partial charge in [-0.3, -0.25) is 13.8 Å². The van der Waals surface area contributed by atoms with Gasteiger partial charge in [-0.05, 0) is 19.3 Å². The molecule has 0 aromatic carbocycles. The second-order valence-electron chi connectivity index (χ2n) is 13.6. The van der Waals surface area contributed by atoms with E-state index in [9.17, 15) is 19.4 Å². The van der Waals surface area contributed by atoms with E-state index < -0.39 is 20.0 Å². The van der Waals surface area contributed by atoms with Crippen molar-refractivity contribution in [2.45, 2.75) is 167 Å². The second-order valence-corrected chi connectivity index (χ2v) is 15.1. The summed E-state index contributed by atoms with van der Waals surface area (Å²) in [6.07, 6.45) is 28.5.